The fourth-order valence-electron chi connectivity index (χ4n) is 1.31. The number of ether oxygens (including phenoxy) is 2. The van der Waals surface area contributed by atoms with E-state index in [0.29, 0.717) is 32.9 Å². The van der Waals surface area contributed by atoms with Gasteiger partial charge in [0.05, 0.1) is 32.9 Å². The van der Waals surface area contributed by atoms with E-state index in [1.54, 1.807) is 0 Å². The van der Waals surface area contributed by atoms with Crippen LogP contribution in [0, 0.1) is 12.3 Å². The van der Waals surface area contributed by atoms with Crippen molar-refractivity contribution in [3.63, 3.8) is 0 Å². The topological polar surface area (TPSA) is 54.9 Å². The molecule has 0 amide bonds. The van der Waals surface area contributed by atoms with E-state index in [1.165, 1.54) is 0 Å². The van der Waals surface area contributed by atoms with E-state index in [0.717, 1.165) is 12.5 Å². The average molecular weight is 225 g/mol. The van der Waals surface area contributed by atoms with Crippen molar-refractivity contribution in [2.24, 2.45) is 4.99 Å². The Hall–Kier alpha value is -1.25. The molecule has 2 N–H and O–H groups in total. The third-order valence-electron chi connectivity index (χ3n) is 2.04. The average Bonchev–Trinajstić information content (AvgIpc) is 2.34. The van der Waals surface area contributed by atoms with E-state index < -0.39 is 0 Å². The SMILES string of the molecule is C#CCNC(=NCC1COCCO1)NCC. The summed E-state index contributed by atoms with van der Waals surface area (Å²) in [6, 6.07) is 0. The molecule has 1 fully saturated rings. The van der Waals surface area contributed by atoms with Crippen molar-refractivity contribution >= 4 is 5.96 Å². The minimum Gasteiger partial charge on any atom is -0.376 e. The van der Waals surface area contributed by atoms with Gasteiger partial charge in [-0.2, -0.15) is 0 Å². The van der Waals surface area contributed by atoms with Gasteiger partial charge in [-0.05, 0) is 6.92 Å². The Morgan fingerprint density at radius 1 is 1.50 bits per heavy atom. The Morgan fingerprint density at radius 2 is 2.38 bits per heavy atom. The highest BCUT2D eigenvalue weighted by Crippen LogP contribution is 2.00. The Kier molecular flexibility index (Phi) is 6.38. The first-order chi connectivity index (χ1) is 7.86. The number of terminal acetylenes is 1. The predicted octanol–water partition coefficient (Wildman–Crippen LogP) is -0.410. The molecular formula is C11H19N3O2. The van der Waals surface area contributed by atoms with Crippen LogP contribution in [-0.4, -0.2) is 51.5 Å². The minimum absolute atomic E-state index is 0.0510. The zero-order chi connectivity index (χ0) is 11.6. The van der Waals surface area contributed by atoms with Crippen LogP contribution in [0.2, 0.25) is 0 Å². The van der Waals surface area contributed by atoms with Crippen molar-refractivity contribution < 1.29 is 9.47 Å². The van der Waals surface area contributed by atoms with Gasteiger partial charge in [0.25, 0.3) is 0 Å². The Bertz CT molecular complexity index is 254. The quantitative estimate of drug-likeness (QED) is 0.388. The summed E-state index contributed by atoms with van der Waals surface area (Å²) in [5, 5.41) is 6.12. The number of nitrogens with zero attached hydrogens (tertiary/aromatic N) is 1. The number of hydrogen-bond acceptors (Lipinski definition) is 3. The van der Waals surface area contributed by atoms with Crippen molar-refractivity contribution in [1.82, 2.24) is 10.6 Å². The third-order valence-corrected chi connectivity index (χ3v) is 2.04. The first-order valence-corrected chi connectivity index (χ1v) is 5.51. The molecule has 5 nitrogen and oxygen atoms in total. The van der Waals surface area contributed by atoms with Crippen molar-refractivity contribution in [1.29, 1.82) is 0 Å². The maximum absolute atomic E-state index is 5.48. The van der Waals surface area contributed by atoms with E-state index in [9.17, 15) is 0 Å². The van der Waals surface area contributed by atoms with Gasteiger partial charge in [0, 0.05) is 6.54 Å². The third kappa shape index (κ3) is 5.01. The highest BCUT2D eigenvalue weighted by atomic mass is 16.6. The van der Waals surface area contributed by atoms with Gasteiger partial charge in [-0.25, -0.2) is 0 Å². The molecule has 1 heterocycles. The second-order valence-corrected chi connectivity index (χ2v) is 3.35. The Morgan fingerprint density at radius 3 is 3.00 bits per heavy atom. The molecule has 1 aliphatic rings. The van der Waals surface area contributed by atoms with Gasteiger partial charge in [0.2, 0.25) is 0 Å². The van der Waals surface area contributed by atoms with E-state index in [4.69, 9.17) is 15.9 Å². The molecule has 0 spiro atoms. The highest BCUT2D eigenvalue weighted by molar-refractivity contribution is 5.79. The van der Waals surface area contributed by atoms with Crippen LogP contribution in [0.4, 0.5) is 0 Å². The van der Waals surface area contributed by atoms with E-state index in [1.807, 2.05) is 6.92 Å². The summed E-state index contributed by atoms with van der Waals surface area (Å²) in [4.78, 5) is 4.37. The van der Waals surface area contributed by atoms with Crippen molar-refractivity contribution in [3.8, 4) is 12.3 Å². The van der Waals surface area contributed by atoms with Crippen molar-refractivity contribution in [2.45, 2.75) is 13.0 Å². The van der Waals surface area contributed by atoms with E-state index >= 15 is 0 Å². The van der Waals surface area contributed by atoms with Gasteiger partial charge >= 0.3 is 0 Å². The summed E-state index contributed by atoms with van der Waals surface area (Å²) in [5.74, 6) is 3.22. The first kappa shape index (κ1) is 12.8. The standard InChI is InChI=1S/C11H19N3O2/c1-3-5-13-11(12-4-2)14-8-10-9-15-6-7-16-10/h1,10H,4-9H2,2H3,(H2,12,13,14). The number of aliphatic imine (C=N–C) groups is 1. The highest BCUT2D eigenvalue weighted by Gasteiger charge is 2.13. The van der Waals surface area contributed by atoms with Crippen LogP contribution >= 0.6 is 0 Å². The molecule has 0 aromatic rings. The van der Waals surface area contributed by atoms with Crippen LogP contribution in [0.15, 0.2) is 4.99 Å². The fraction of sp³-hybridized carbons (Fsp3) is 0.727. The summed E-state index contributed by atoms with van der Waals surface area (Å²) < 4.78 is 10.8. The molecule has 90 valence electrons. The van der Waals surface area contributed by atoms with Gasteiger partial charge in [-0.15, -0.1) is 6.42 Å². The largest absolute Gasteiger partial charge is 0.376 e. The number of hydrogen-bond donors (Lipinski definition) is 2. The van der Waals surface area contributed by atoms with Gasteiger partial charge in [-0.3, -0.25) is 4.99 Å². The molecule has 0 bridgehead atoms. The molecule has 16 heavy (non-hydrogen) atoms. The lowest BCUT2D eigenvalue weighted by molar-refractivity contribution is -0.0832. The molecule has 0 radical (unpaired) electrons. The monoisotopic (exact) mass is 225 g/mol. The van der Waals surface area contributed by atoms with Crippen LogP contribution in [0.25, 0.3) is 0 Å². The Balaban J connectivity index is 2.33. The number of nitrogens with one attached hydrogen (secondary N) is 2. The molecule has 1 unspecified atom stereocenters. The van der Waals surface area contributed by atoms with Gasteiger partial charge in [-0.1, -0.05) is 5.92 Å². The smallest absolute Gasteiger partial charge is 0.192 e. The second-order valence-electron chi connectivity index (χ2n) is 3.35. The number of rotatable bonds is 4. The molecular weight excluding hydrogens is 206 g/mol. The zero-order valence-corrected chi connectivity index (χ0v) is 9.66. The number of guanidine groups is 1. The second kappa shape index (κ2) is 7.97. The normalized spacial score (nSPS) is 21.2. The lowest BCUT2D eigenvalue weighted by Crippen LogP contribution is -2.39. The molecule has 0 aliphatic carbocycles. The van der Waals surface area contributed by atoms with Crippen LogP contribution in [-0.2, 0) is 9.47 Å². The van der Waals surface area contributed by atoms with Crippen molar-refractivity contribution in [2.75, 3.05) is 39.5 Å². The first-order valence-electron chi connectivity index (χ1n) is 5.51. The van der Waals surface area contributed by atoms with Crippen LogP contribution in [0.3, 0.4) is 0 Å². The maximum atomic E-state index is 5.48. The lowest BCUT2D eigenvalue weighted by Gasteiger charge is -2.21. The van der Waals surface area contributed by atoms with Crippen LogP contribution < -0.4 is 10.6 Å². The van der Waals surface area contributed by atoms with Gasteiger partial charge in [0.1, 0.15) is 6.10 Å². The van der Waals surface area contributed by atoms with E-state index in [-0.39, 0.29) is 6.10 Å². The van der Waals surface area contributed by atoms with Gasteiger partial charge in [0.15, 0.2) is 5.96 Å². The lowest BCUT2D eigenvalue weighted by atomic mass is 10.3. The Labute approximate surface area is 96.6 Å². The molecule has 1 atom stereocenters. The summed E-state index contributed by atoms with van der Waals surface area (Å²) in [7, 11) is 0. The van der Waals surface area contributed by atoms with Gasteiger partial charge < -0.3 is 20.1 Å². The maximum Gasteiger partial charge on any atom is 0.192 e. The van der Waals surface area contributed by atoms with Crippen LogP contribution in [0.5, 0.6) is 0 Å². The van der Waals surface area contributed by atoms with Crippen LogP contribution in [0.1, 0.15) is 6.92 Å². The summed E-state index contributed by atoms with van der Waals surface area (Å²) in [6.07, 6.45) is 5.22. The summed E-state index contributed by atoms with van der Waals surface area (Å²) >= 11 is 0. The molecule has 1 saturated heterocycles. The zero-order valence-electron chi connectivity index (χ0n) is 9.66. The predicted molar refractivity (Wildman–Crippen MR) is 63.4 cm³/mol. The summed E-state index contributed by atoms with van der Waals surface area (Å²) in [6.45, 7) is 5.79. The molecule has 5 heteroatoms. The summed E-state index contributed by atoms with van der Waals surface area (Å²) in [5.41, 5.74) is 0. The molecule has 1 aliphatic heterocycles. The van der Waals surface area contributed by atoms with Crippen molar-refractivity contribution in [3.05, 3.63) is 0 Å². The molecule has 1 rings (SSSR count). The fourth-order valence-corrected chi connectivity index (χ4v) is 1.31. The molecule has 0 aromatic carbocycles. The minimum atomic E-state index is 0.0510. The molecule has 0 saturated carbocycles. The molecule has 0 aromatic heterocycles. The van der Waals surface area contributed by atoms with E-state index in [2.05, 4.69) is 21.5 Å².